The highest BCUT2D eigenvalue weighted by atomic mass is 16.5. The van der Waals surface area contributed by atoms with Gasteiger partial charge in [0.1, 0.15) is 6.04 Å². The van der Waals surface area contributed by atoms with Crippen molar-refractivity contribution in [3.8, 4) is 0 Å². The molecule has 0 saturated heterocycles. The maximum Gasteiger partial charge on any atom is 0.332 e. The van der Waals surface area contributed by atoms with Crippen molar-refractivity contribution in [2.24, 2.45) is 0 Å². The molecule has 1 atom stereocenters. The van der Waals surface area contributed by atoms with Gasteiger partial charge in [-0.15, -0.1) is 0 Å². The molecule has 0 spiro atoms. The molecular formula is C14H17NO4. The Balaban J connectivity index is 2.81. The number of hydrogen-bond donors (Lipinski definition) is 2. The highest BCUT2D eigenvalue weighted by molar-refractivity contribution is 5.83. The van der Waals surface area contributed by atoms with Crippen LogP contribution < -0.4 is 5.32 Å². The second kappa shape index (κ2) is 7.20. The molecule has 0 fully saturated rings. The molecule has 0 aromatic heterocycles. The van der Waals surface area contributed by atoms with Gasteiger partial charge >= 0.3 is 11.9 Å². The quantitative estimate of drug-likeness (QED) is 0.605. The second-order valence-electron chi connectivity index (χ2n) is 3.91. The van der Waals surface area contributed by atoms with Gasteiger partial charge in [0.15, 0.2) is 0 Å². The smallest absolute Gasteiger partial charge is 0.332 e. The minimum absolute atomic E-state index is 0.281. The molecule has 1 aromatic rings. The van der Waals surface area contributed by atoms with E-state index in [-0.39, 0.29) is 6.61 Å². The maximum atomic E-state index is 11.3. The van der Waals surface area contributed by atoms with Crippen molar-refractivity contribution in [3.05, 3.63) is 47.7 Å². The molecule has 1 rings (SSSR count). The fourth-order valence-corrected chi connectivity index (χ4v) is 1.56. The number of allylic oxidation sites excluding steroid dienone is 1. The van der Waals surface area contributed by atoms with Crippen molar-refractivity contribution < 1.29 is 19.4 Å². The van der Waals surface area contributed by atoms with E-state index >= 15 is 0 Å². The Hall–Kier alpha value is -2.30. The number of ether oxygens (including phenoxy) is 1. The van der Waals surface area contributed by atoms with Crippen LogP contribution in [-0.2, 0) is 14.3 Å². The molecule has 0 unspecified atom stereocenters. The first-order chi connectivity index (χ1) is 9.04. The summed E-state index contributed by atoms with van der Waals surface area (Å²) in [6.45, 7) is 3.61. The van der Waals surface area contributed by atoms with Crippen molar-refractivity contribution >= 4 is 11.9 Å². The Labute approximate surface area is 111 Å². The molecule has 102 valence electrons. The zero-order chi connectivity index (χ0) is 14.3. The lowest BCUT2D eigenvalue weighted by Gasteiger charge is -2.16. The lowest BCUT2D eigenvalue weighted by Crippen LogP contribution is -2.27. The topological polar surface area (TPSA) is 75.6 Å². The number of carbonyl (C=O) groups excluding carboxylic acids is 1. The number of rotatable bonds is 6. The summed E-state index contributed by atoms with van der Waals surface area (Å²) < 4.78 is 4.76. The fourth-order valence-electron chi connectivity index (χ4n) is 1.56. The molecule has 5 heteroatoms. The van der Waals surface area contributed by atoms with Gasteiger partial charge in [-0.3, -0.25) is 0 Å². The van der Waals surface area contributed by atoms with Gasteiger partial charge in [-0.05, 0) is 19.4 Å². The summed E-state index contributed by atoms with van der Waals surface area (Å²) in [4.78, 5) is 22.5. The summed E-state index contributed by atoms with van der Waals surface area (Å²) in [5.74, 6) is -1.51. The van der Waals surface area contributed by atoms with E-state index in [1.54, 1.807) is 38.1 Å². The van der Waals surface area contributed by atoms with Crippen LogP contribution in [0.25, 0.3) is 0 Å². The van der Waals surface area contributed by atoms with Crippen molar-refractivity contribution in [2.75, 3.05) is 6.61 Å². The molecule has 1 aromatic carbocycles. The zero-order valence-corrected chi connectivity index (χ0v) is 10.9. The molecular weight excluding hydrogens is 246 g/mol. The van der Waals surface area contributed by atoms with Crippen molar-refractivity contribution in [1.82, 2.24) is 5.32 Å². The number of nitrogens with one attached hydrogen (secondary N) is 1. The predicted molar refractivity (Wildman–Crippen MR) is 70.3 cm³/mol. The Bertz CT molecular complexity index is 468. The summed E-state index contributed by atoms with van der Waals surface area (Å²) in [5, 5.41) is 12.0. The largest absolute Gasteiger partial charge is 0.479 e. The normalized spacial score (nSPS) is 12.6. The van der Waals surface area contributed by atoms with E-state index in [0.717, 1.165) is 0 Å². The Kier molecular flexibility index (Phi) is 5.60. The van der Waals surface area contributed by atoms with Gasteiger partial charge in [-0.25, -0.2) is 9.59 Å². The molecule has 0 aliphatic heterocycles. The highest BCUT2D eigenvalue weighted by Crippen LogP contribution is 2.14. The van der Waals surface area contributed by atoms with Crippen LogP contribution in [0, 0.1) is 0 Å². The van der Waals surface area contributed by atoms with Crippen LogP contribution in [0.3, 0.4) is 0 Å². The number of aliphatic carboxylic acids is 1. The van der Waals surface area contributed by atoms with Gasteiger partial charge in [0, 0.05) is 11.8 Å². The minimum atomic E-state index is -1.01. The monoisotopic (exact) mass is 263 g/mol. The SMILES string of the molecule is CCOC(=O)/C=C(/C)N[C@H](C(=O)O)c1ccccc1. The van der Waals surface area contributed by atoms with Crippen LogP contribution in [0.2, 0.25) is 0 Å². The molecule has 2 N–H and O–H groups in total. The Morgan fingerprint density at radius 3 is 2.53 bits per heavy atom. The van der Waals surface area contributed by atoms with Gasteiger partial charge in [-0.1, -0.05) is 30.3 Å². The van der Waals surface area contributed by atoms with E-state index in [9.17, 15) is 14.7 Å². The summed E-state index contributed by atoms with van der Waals surface area (Å²) in [6.07, 6.45) is 1.24. The molecule has 0 aliphatic rings. The third-order valence-electron chi connectivity index (χ3n) is 2.37. The first-order valence-corrected chi connectivity index (χ1v) is 5.94. The molecule has 0 radical (unpaired) electrons. The number of hydrogen-bond acceptors (Lipinski definition) is 4. The lowest BCUT2D eigenvalue weighted by atomic mass is 10.1. The molecule has 19 heavy (non-hydrogen) atoms. The Morgan fingerprint density at radius 1 is 1.37 bits per heavy atom. The van der Waals surface area contributed by atoms with Crippen molar-refractivity contribution in [2.45, 2.75) is 19.9 Å². The first-order valence-electron chi connectivity index (χ1n) is 5.94. The zero-order valence-electron chi connectivity index (χ0n) is 10.9. The second-order valence-corrected chi connectivity index (χ2v) is 3.91. The van der Waals surface area contributed by atoms with Crippen molar-refractivity contribution in [1.29, 1.82) is 0 Å². The van der Waals surface area contributed by atoms with Gasteiger partial charge in [0.05, 0.1) is 6.61 Å². The van der Waals surface area contributed by atoms with E-state index in [2.05, 4.69) is 5.32 Å². The number of carboxylic acid groups (broad SMARTS) is 1. The summed E-state index contributed by atoms with van der Waals surface area (Å²) >= 11 is 0. The van der Waals surface area contributed by atoms with Crippen LogP contribution in [0.5, 0.6) is 0 Å². The summed E-state index contributed by atoms with van der Waals surface area (Å²) in [7, 11) is 0. The Morgan fingerprint density at radius 2 is 2.00 bits per heavy atom. The van der Waals surface area contributed by atoms with E-state index in [1.165, 1.54) is 6.08 Å². The van der Waals surface area contributed by atoms with Gasteiger partial charge in [0.25, 0.3) is 0 Å². The number of esters is 1. The number of carboxylic acids is 1. The van der Waals surface area contributed by atoms with E-state index in [0.29, 0.717) is 11.3 Å². The highest BCUT2D eigenvalue weighted by Gasteiger charge is 2.19. The van der Waals surface area contributed by atoms with Gasteiger partial charge in [0.2, 0.25) is 0 Å². The average molecular weight is 263 g/mol. The van der Waals surface area contributed by atoms with E-state index < -0.39 is 18.0 Å². The molecule has 0 bridgehead atoms. The van der Waals surface area contributed by atoms with Crippen LogP contribution >= 0.6 is 0 Å². The van der Waals surface area contributed by atoms with Crippen LogP contribution in [-0.4, -0.2) is 23.7 Å². The molecule has 0 saturated carbocycles. The van der Waals surface area contributed by atoms with Crippen LogP contribution in [0.1, 0.15) is 25.5 Å². The van der Waals surface area contributed by atoms with E-state index in [4.69, 9.17) is 4.74 Å². The molecule has 0 aliphatic carbocycles. The van der Waals surface area contributed by atoms with Crippen LogP contribution in [0.4, 0.5) is 0 Å². The third-order valence-corrected chi connectivity index (χ3v) is 2.37. The van der Waals surface area contributed by atoms with Gasteiger partial charge in [-0.2, -0.15) is 0 Å². The first kappa shape index (κ1) is 14.8. The van der Waals surface area contributed by atoms with Crippen molar-refractivity contribution in [3.63, 3.8) is 0 Å². The molecule has 0 amide bonds. The average Bonchev–Trinajstić information content (AvgIpc) is 2.37. The minimum Gasteiger partial charge on any atom is -0.479 e. The maximum absolute atomic E-state index is 11.3. The lowest BCUT2D eigenvalue weighted by molar-refractivity contribution is -0.140. The van der Waals surface area contributed by atoms with Crippen LogP contribution in [0.15, 0.2) is 42.1 Å². The summed E-state index contributed by atoms with van der Waals surface area (Å²) in [5.41, 5.74) is 1.06. The fraction of sp³-hybridized carbons (Fsp3) is 0.286. The number of carbonyl (C=O) groups is 2. The van der Waals surface area contributed by atoms with E-state index in [1.807, 2.05) is 6.07 Å². The third kappa shape index (κ3) is 4.83. The molecule has 5 nitrogen and oxygen atoms in total. The number of benzene rings is 1. The molecule has 0 heterocycles. The standard InChI is InChI=1S/C14H17NO4/c1-3-19-12(16)9-10(2)15-13(14(17)18)11-7-5-4-6-8-11/h4-9,13,15H,3H2,1-2H3,(H,17,18)/b10-9-/t13-/m0/s1. The van der Waals surface area contributed by atoms with Gasteiger partial charge < -0.3 is 15.2 Å². The predicted octanol–water partition coefficient (Wildman–Crippen LogP) is 1.87. The summed E-state index contributed by atoms with van der Waals surface area (Å²) in [6, 6.07) is 7.86.